The van der Waals surface area contributed by atoms with E-state index in [4.69, 9.17) is 9.47 Å². The summed E-state index contributed by atoms with van der Waals surface area (Å²) < 4.78 is 12.1. The molecule has 0 radical (unpaired) electrons. The molecule has 31 heavy (non-hydrogen) atoms. The van der Waals surface area contributed by atoms with E-state index in [-0.39, 0.29) is 11.5 Å². The van der Waals surface area contributed by atoms with Gasteiger partial charge in [-0.1, -0.05) is 67.6 Å². The number of allylic oxidation sites excluding steroid dienone is 4. The Morgan fingerprint density at radius 1 is 0.903 bits per heavy atom. The number of hydrogen-bond donors (Lipinski definition) is 0. The van der Waals surface area contributed by atoms with Crippen molar-refractivity contribution >= 4 is 0 Å². The third kappa shape index (κ3) is 5.10. The Morgan fingerprint density at radius 3 is 2.23 bits per heavy atom. The predicted octanol–water partition coefficient (Wildman–Crippen LogP) is 7.37. The van der Waals surface area contributed by atoms with Gasteiger partial charge in [0.2, 0.25) is 0 Å². The normalized spacial score (nSPS) is 18.2. The quantitative estimate of drug-likeness (QED) is 0.463. The maximum atomic E-state index is 6.11. The second-order valence-electron chi connectivity index (χ2n) is 8.84. The van der Waals surface area contributed by atoms with Crippen LogP contribution in [0.2, 0.25) is 0 Å². The molecule has 2 nitrogen and oxygen atoms in total. The summed E-state index contributed by atoms with van der Waals surface area (Å²) >= 11 is 0. The van der Waals surface area contributed by atoms with Gasteiger partial charge in [-0.3, -0.25) is 0 Å². The fraction of sp³-hybridized carbons (Fsp3) is 0.276. The van der Waals surface area contributed by atoms with Crippen LogP contribution in [0.5, 0.6) is 11.5 Å². The van der Waals surface area contributed by atoms with Gasteiger partial charge in [-0.25, -0.2) is 0 Å². The topological polar surface area (TPSA) is 18.5 Å². The number of hydrogen-bond acceptors (Lipinski definition) is 2. The van der Waals surface area contributed by atoms with E-state index >= 15 is 0 Å². The van der Waals surface area contributed by atoms with Gasteiger partial charge in [0, 0.05) is 18.3 Å². The van der Waals surface area contributed by atoms with Crippen LogP contribution in [0, 0.1) is 6.92 Å². The molecule has 1 unspecified atom stereocenters. The molecule has 2 aromatic carbocycles. The summed E-state index contributed by atoms with van der Waals surface area (Å²) in [7, 11) is 0. The van der Waals surface area contributed by atoms with Crippen LogP contribution in [0.4, 0.5) is 0 Å². The molecule has 0 fully saturated rings. The zero-order valence-corrected chi connectivity index (χ0v) is 18.8. The van der Waals surface area contributed by atoms with Crippen molar-refractivity contribution in [2.75, 3.05) is 0 Å². The first-order chi connectivity index (χ1) is 14.9. The summed E-state index contributed by atoms with van der Waals surface area (Å²) in [4.78, 5) is 0. The third-order valence-electron chi connectivity index (χ3n) is 5.98. The lowest BCUT2D eigenvalue weighted by Crippen LogP contribution is -2.23. The van der Waals surface area contributed by atoms with E-state index in [9.17, 15) is 0 Å². The summed E-state index contributed by atoms with van der Waals surface area (Å²) in [6.07, 6.45) is 12.5. The summed E-state index contributed by atoms with van der Waals surface area (Å²) in [5.41, 5.74) is 8.16. The summed E-state index contributed by atoms with van der Waals surface area (Å²) in [5.74, 6) is 2.62. The van der Waals surface area contributed by atoms with Gasteiger partial charge >= 0.3 is 0 Å². The van der Waals surface area contributed by atoms with E-state index in [1.807, 2.05) is 30.3 Å². The van der Waals surface area contributed by atoms with E-state index in [0.717, 1.165) is 30.1 Å². The first kappa shape index (κ1) is 21.0. The zero-order valence-electron chi connectivity index (χ0n) is 18.8. The molecule has 2 aromatic rings. The highest BCUT2D eigenvalue weighted by molar-refractivity contribution is 5.44. The number of benzene rings is 2. The Kier molecular flexibility index (Phi) is 6.02. The fourth-order valence-electron chi connectivity index (χ4n) is 3.83. The van der Waals surface area contributed by atoms with Crippen molar-refractivity contribution in [3.63, 3.8) is 0 Å². The minimum Gasteiger partial charge on any atom is -0.486 e. The Morgan fingerprint density at radius 2 is 1.61 bits per heavy atom. The first-order valence-corrected chi connectivity index (χ1v) is 10.9. The predicted molar refractivity (Wildman–Crippen MR) is 128 cm³/mol. The molecule has 158 valence electrons. The van der Waals surface area contributed by atoms with E-state index in [2.05, 4.69) is 82.0 Å². The largest absolute Gasteiger partial charge is 0.486 e. The molecule has 2 heteroatoms. The van der Waals surface area contributed by atoms with E-state index in [1.54, 1.807) is 0 Å². The number of ether oxygens (including phenoxy) is 2. The Hall–Kier alpha value is -3.22. The zero-order chi connectivity index (χ0) is 21.8. The lowest BCUT2D eigenvalue weighted by Gasteiger charge is -2.30. The maximum Gasteiger partial charge on any atom is 0.150 e. The second-order valence-corrected chi connectivity index (χ2v) is 8.84. The van der Waals surface area contributed by atoms with Gasteiger partial charge in [0.15, 0.2) is 0 Å². The SMILES string of the molecule is CC1=CCC(Oc2ccc(C(C)(C)C3=CCC(Oc4ccc(C)cc4)C=C3)cc2)=C=C1. The van der Waals surface area contributed by atoms with Crippen molar-refractivity contribution in [1.29, 1.82) is 0 Å². The highest BCUT2D eigenvalue weighted by Gasteiger charge is 2.26. The maximum absolute atomic E-state index is 6.11. The van der Waals surface area contributed by atoms with Crippen LogP contribution < -0.4 is 9.47 Å². The molecule has 0 saturated carbocycles. The van der Waals surface area contributed by atoms with Gasteiger partial charge in [-0.2, -0.15) is 0 Å². The van der Waals surface area contributed by atoms with E-state index in [0.29, 0.717) is 0 Å². The molecular weight excluding hydrogens is 380 g/mol. The van der Waals surface area contributed by atoms with Crippen LogP contribution in [-0.2, 0) is 5.41 Å². The van der Waals surface area contributed by atoms with Crippen molar-refractivity contribution in [3.8, 4) is 11.5 Å². The van der Waals surface area contributed by atoms with Crippen LogP contribution in [0.1, 0.15) is 44.7 Å². The highest BCUT2D eigenvalue weighted by atomic mass is 16.5. The molecule has 2 aliphatic rings. The highest BCUT2D eigenvalue weighted by Crippen LogP contribution is 2.36. The average Bonchev–Trinajstić information content (AvgIpc) is 2.78. The monoisotopic (exact) mass is 410 g/mol. The third-order valence-corrected chi connectivity index (χ3v) is 5.98. The van der Waals surface area contributed by atoms with Crippen molar-refractivity contribution < 1.29 is 9.47 Å². The second kappa shape index (κ2) is 8.88. The summed E-state index contributed by atoms with van der Waals surface area (Å²) in [6.45, 7) is 8.69. The lowest BCUT2D eigenvalue weighted by atomic mass is 9.75. The lowest BCUT2D eigenvalue weighted by molar-refractivity contribution is 0.250. The van der Waals surface area contributed by atoms with Crippen molar-refractivity contribution in [3.05, 3.63) is 113 Å². The molecule has 0 spiro atoms. The summed E-state index contributed by atoms with van der Waals surface area (Å²) in [6, 6.07) is 16.6. The Bertz CT molecular complexity index is 1090. The molecule has 1 atom stereocenters. The molecule has 0 N–H and O–H groups in total. The van der Waals surface area contributed by atoms with Crippen LogP contribution in [0.25, 0.3) is 0 Å². The average molecular weight is 411 g/mol. The van der Waals surface area contributed by atoms with Gasteiger partial charge in [-0.05, 0) is 67.0 Å². The van der Waals surface area contributed by atoms with Crippen LogP contribution in [-0.4, -0.2) is 6.10 Å². The van der Waals surface area contributed by atoms with Gasteiger partial charge in [0.1, 0.15) is 23.4 Å². The van der Waals surface area contributed by atoms with E-state index < -0.39 is 0 Å². The molecule has 0 heterocycles. The van der Waals surface area contributed by atoms with Crippen LogP contribution >= 0.6 is 0 Å². The van der Waals surface area contributed by atoms with Crippen molar-refractivity contribution in [2.45, 2.75) is 52.1 Å². The van der Waals surface area contributed by atoms with E-state index in [1.165, 1.54) is 22.3 Å². The van der Waals surface area contributed by atoms with Crippen LogP contribution in [0.3, 0.4) is 0 Å². The minimum atomic E-state index is -0.0896. The molecule has 0 amide bonds. The van der Waals surface area contributed by atoms with Gasteiger partial charge in [-0.15, -0.1) is 0 Å². The number of aryl methyl sites for hydroxylation is 1. The fourth-order valence-corrected chi connectivity index (χ4v) is 3.83. The molecule has 2 aliphatic carbocycles. The molecule has 4 rings (SSSR count). The Labute approximate surface area is 185 Å². The smallest absolute Gasteiger partial charge is 0.150 e. The van der Waals surface area contributed by atoms with Crippen molar-refractivity contribution in [2.24, 2.45) is 0 Å². The standard InChI is InChI=1S/C29H30O2/c1-21-5-13-25(14-6-21)30-27-17-9-23(10-18-27)29(3,4)24-11-19-28(20-12-24)31-26-15-7-22(2)8-16-26/h5-14,17,19-20,27H,15,18H2,1-4H3. The molecular formula is C29H30O2. The Balaban J connectivity index is 1.40. The first-order valence-electron chi connectivity index (χ1n) is 10.9. The van der Waals surface area contributed by atoms with Gasteiger partial charge < -0.3 is 9.47 Å². The number of rotatable bonds is 6. The molecule has 0 saturated heterocycles. The molecule has 0 aliphatic heterocycles. The van der Waals surface area contributed by atoms with Crippen molar-refractivity contribution in [1.82, 2.24) is 0 Å². The molecule has 0 aromatic heterocycles. The van der Waals surface area contributed by atoms with Crippen LogP contribution in [0.15, 0.2) is 102 Å². The van der Waals surface area contributed by atoms with Gasteiger partial charge in [0.25, 0.3) is 0 Å². The summed E-state index contributed by atoms with van der Waals surface area (Å²) in [5, 5.41) is 0. The minimum absolute atomic E-state index is 0.0764. The van der Waals surface area contributed by atoms with Gasteiger partial charge in [0.05, 0.1) is 0 Å². The molecule has 0 bridgehead atoms.